The van der Waals surface area contributed by atoms with E-state index >= 15 is 0 Å². The maximum atomic E-state index is 11.0. The van der Waals surface area contributed by atoms with Crippen LogP contribution in [0.5, 0.6) is 0 Å². The lowest BCUT2D eigenvalue weighted by atomic mass is 10.1. The van der Waals surface area contributed by atoms with Gasteiger partial charge >= 0.3 is 0 Å². The van der Waals surface area contributed by atoms with Crippen molar-refractivity contribution < 1.29 is 4.92 Å². The number of rotatable bonds is 5. The van der Waals surface area contributed by atoms with Gasteiger partial charge in [-0.3, -0.25) is 10.1 Å². The van der Waals surface area contributed by atoms with Crippen molar-refractivity contribution in [2.45, 2.75) is 26.3 Å². The van der Waals surface area contributed by atoms with Crippen LogP contribution in [-0.2, 0) is 0 Å². The summed E-state index contributed by atoms with van der Waals surface area (Å²) in [7, 11) is 0. The van der Waals surface area contributed by atoms with Gasteiger partial charge < -0.3 is 10.2 Å². The Hall–Kier alpha value is -1.14. The van der Waals surface area contributed by atoms with E-state index in [9.17, 15) is 10.1 Å². The average molecular weight is 342 g/mol. The van der Waals surface area contributed by atoms with E-state index in [-0.39, 0.29) is 10.6 Å². The van der Waals surface area contributed by atoms with E-state index < -0.39 is 0 Å². The second-order valence-electron chi connectivity index (χ2n) is 5.54. The molecule has 5 nitrogen and oxygen atoms in total. The van der Waals surface area contributed by atoms with Gasteiger partial charge in [0.25, 0.3) is 5.69 Å². The highest BCUT2D eigenvalue weighted by Crippen LogP contribution is 2.29. The highest BCUT2D eigenvalue weighted by molar-refractivity contribution is 9.10. The Morgan fingerprint density at radius 3 is 2.90 bits per heavy atom. The van der Waals surface area contributed by atoms with Crippen LogP contribution < -0.4 is 5.32 Å². The van der Waals surface area contributed by atoms with Crippen molar-refractivity contribution in [3.63, 3.8) is 0 Å². The lowest BCUT2D eigenvalue weighted by Gasteiger charge is -2.20. The molecule has 1 saturated heterocycles. The highest BCUT2D eigenvalue weighted by Gasteiger charge is 2.24. The Balaban J connectivity index is 1.96. The average Bonchev–Trinajstić information content (AvgIpc) is 2.86. The van der Waals surface area contributed by atoms with E-state index in [0.29, 0.717) is 17.6 Å². The SMILES string of the molecule is CC(C)N1CCC(CNc2ccc(Br)cc2[N+](=O)[O-])C1. The van der Waals surface area contributed by atoms with Crippen molar-refractivity contribution in [2.75, 3.05) is 25.0 Å². The van der Waals surface area contributed by atoms with Gasteiger partial charge in [0, 0.05) is 29.7 Å². The molecule has 0 aliphatic carbocycles. The predicted molar refractivity (Wildman–Crippen MR) is 84.1 cm³/mol. The van der Waals surface area contributed by atoms with E-state index in [2.05, 4.69) is 40.0 Å². The number of nitro benzene ring substituents is 1. The van der Waals surface area contributed by atoms with Crippen LogP contribution in [0.25, 0.3) is 0 Å². The van der Waals surface area contributed by atoms with Crippen LogP contribution in [0.2, 0.25) is 0 Å². The van der Waals surface area contributed by atoms with Crippen LogP contribution in [0.4, 0.5) is 11.4 Å². The maximum absolute atomic E-state index is 11.0. The fourth-order valence-electron chi connectivity index (χ4n) is 2.56. The van der Waals surface area contributed by atoms with Crippen molar-refractivity contribution >= 4 is 27.3 Å². The van der Waals surface area contributed by atoms with Gasteiger partial charge in [-0.05, 0) is 44.9 Å². The molecular weight excluding hydrogens is 322 g/mol. The van der Waals surface area contributed by atoms with Crippen LogP contribution in [-0.4, -0.2) is 35.5 Å². The molecule has 1 atom stereocenters. The number of anilines is 1. The molecule has 20 heavy (non-hydrogen) atoms. The van der Waals surface area contributed by atoms with Gasteiger partial charge in [-0.15, -0.1) is 0 Å². The molecule has 110 valence electrons. The van der Waals surface area contributed by atoms with Crippen LogP contribution in [0.15, 0.2) is 22.7 Å². The zero-order chi connectivity index (χ0) is 14.7. The quantitative estimate of drug-likeness (QED) is 0.657. The third kappa shape index (κ3) is 3.70. The number of benzene rings is 1. The summed E-state index contributed by atoms with van der Waals surface area (Å²) in [6, 6.07) is 5.70. The summed E-state index contributed by atoms with van der Waals surface area (Å²) < 4.78 is 0.724. The molecule has 1 N–H and O–H groups in total. The first-order valence-corrected chi connectivity index (χ1v) is 7.68. The molecule has 1 aromatic carbocycles. The Morgan fingerprint density at radius 2 is 2.30 bits per heavy atom. The van der Waals surface area contributed by atoms with Crippen molar-refractivity contribution in [1.82, 2.24) is 4.90 Å². The van der Waals surface area contributed by atoms with Gasteiger partial charge in [0.05, 0.1) is 4.92 Å². The first kappa shape index (κ1) is 15.3. The first-order chi connectivity index (χ1) is 9.47. The van der Waals surface area contributed by atoms with E-state index in [1.807, 2.05) is 6.07 Å². The molecule has 1 fully saturated rings. The van der Waals surface area contributed by atoms with E-state index in [4.69, 9.17) is 0 Å². The standard InChI is InChI=1S/C14H20BrN3O2/c1-10(2)17-6-5-11(9-17)8-16-13-4-3-12(15)7-14(13)18(19)20/h3-4,7,10-11,16H,5-6,8-9H2,1-2H3. The molecule has 0 spiro atoms. The summed E-state index contributed by atoms with van der Waals surface area (Å²) in [5.74, 6) is 0.556. The van der Waals surface area contributed by atoms with Gasteiger partial charge in [0.2, 0.25) is 0 Å². The minimum Gasteiger partial charge on any atom is -0.379 e. The largest absolute Gasteiger partial charge is 0.379 e. The molecule has 0 amide bonds. The highest BCUT2D eigenvalue weighted by atomic mass is 79.9. The predicted octanol–water partition coefficient (Wildman–Crippen LogP) is 3.50. The summed E-state index contributed by atoms with van der Waals surface area (Å²) in [5, 5.41) is 14.3. The summed E-state index contributed by atoms with van der Waals surface area (Å²) in [4.78, 5) is 13.1. The molecule has 0 saturated carbocycles. The minimum absolute atomic E-state index is 0.123. The van der Waals surface area contributed by atoms with Crippen molar-refractivity contribution in [3.05, 3.63) is 32.8 Å². The lowest BCUT2D eigenvalue weighted by molar-refractivity contribution is -0.384. The fraction of sp³-hybridized carbons (Fsp3) is 0.571. The number of nitro groups is 1. The summed E-state index contributed by atoms with van der Waals surface area (Å²) in [6.45, 7) is 7.37. The number of nitrogens with zero attached hydrogens (tertiary/aromatic N) is 2. The summed E-state index contributed by atoms with van der Waals surface area (Å²) >= 11 is 3.27. The second-order valence-corrected chi connectivity index (χ2v) is 6.46. The Morgan fingerprint density at radius 1 is 1.55 bits per heavy atom. The zero-order valence-electron chi connectivity index (χ0n) is 11.8. The topological polar surface area (TPSA) is 58.4 Å². The molecule has 2 rings (SSSR count). The van der Waals surface area contributed by atoms with E-state index in [1.165, 1.54) is 6.07 Å². The van der Waals surface area contributed by atoms with Gasteiger partial charge in [-0.25, -0.2) is 0 Å². The number of halogens is 1. The Bertz CT molecular complexity index is 493. The van der Waals surface area contributed by atoms with Crippen molar-refractivity contribution in [3.8, 4) is 0 Å². The van der Waals surface area contributed by atoms with Gasteiger partial charge in [-0.1, -0.05) is 15.9 Å². The molecule has 0 aromatic heterocycles. The third-order valence-electron chi connectivity index (χ3n) is 3.79. The van der Waals surface area contributed by atoms with Crippen LogP contribution >= 0.6 is 15.9 Å². The van der Waals surface area contributed by atoms with E-state index in [0.717, 1.165) is 30.5 Å². The van der Waals surface area contributed by atoms with Gasteiger partial charge in [-0.2, -0.15) is 0 Å². The Labute approximate surface area is 127 Å². The molecule has 6 heteroatoms. The van der Waals surface area contributed by atoms with Crippen LogP contribution in [0.3, 0.4) is 0 Å². The molecule has 0 radical (unpaired) electrons. The number of nitrogens with one attached hydrogen (secondary N) is 1. The molecule has 1 aliphatic rings. The molecular formula is C14H20BrN3O2. The normalized spacial score (nSPS) is 19.5. The number of hydrogen-bond acceptors (Lipinski definition) is 4. The summed E-state index contributed by atoms with van der Waals surface area (Å²) in [5.41, 5.74) is 0.722. The maximum Gasteiger partial charge on any atom is 0.293 e. The van der Waals surface area contributed by atoms with Crippen LogP contribution in [0, 0.1) is 16.0 Å². The van der Waals surface area contributed by atoms with Crippen molar-refractivity contribution in [2.24, 2.45) is 5.92 Å². The number of likely N-dealkylation sites (tertiary alicyclic amines) is 1. The summed E-state index contributed by atoms with van der Waals surface area (Å²) in [6.07, 6.45) is 1.15. The molecule has 0 bridgehead atoms. The Kier molecular flexibility index (Phi) is 4.99. The molecule has 1 aliphatic heterocycles. The fourth-order valence-corrected chi connectivity index (χ4v) is 2.91. The zero-order valence-corrected chi connectivity index (χ0v) is 13.4. The van der Waals surface area contributed by atoms with Crippen LogP contribution in [0.1, 0.15) is 20.3 Å². The van der Waals surface area contributed by atoms with Crippen molar-refractivity contribution in [1.29, 1.82) is 0 Å². The smallest absolute Gasteiger partial charge is 0.293 e. The minimum atomic E-state index is -0.345. The van der Waals surface area contributed by atoms with E-state index in [1.54, 1.807) is 6.07 Å². The molecule has 1 unspecified atom stereocenters. The first-order valence-electron chi connectivity index (χ1n) is 6.89. The molecule has 1 heterocycles. The second kappa shape index (κ2) is 6.54. The molecule has 1 aromatic rings. The van der Waals surface area contributed by atoms with Gasteiger partial charge in [0.15, 0.2) is 0 Å². The monoisotopic (exact) mass is 341 g/mol. The third-order valence-corrected chi connectivity index (χ3v) is 4.28. The number of hydrogen-bond donors (Lipinski definition) is 1. The van der Waals surface area contributed by atoms with Gasteiger partial charge in [0.1, 0.15) is 5.69 Å². The lowest BCUT2D eigenvalue weighted by Crippen LogP contribution is -2.29.